The van der Waals surface area contributed by atoms with E-state index in [-0.39, 0.29) is 0 Å². The molecule has 3 heteroatoms. The van der Waals surface area contributed by atoms with Crippen molar-refractivity contribution in [1.82, 2.24) is 0 Å². The molecule has 0 amide bonds. The van der Waals surface area contributed by atoms with Crippen molar-refractivity contribution >= 4 is 11.3 Å². The average molecular weight is 282 g/mol. The lowest BCUT2D eigenvalue weighted by atomic mass is 10.1. The van der Waals surface area contributed by atoms with E-state index in [1.165, 1.54) is 11.3 Å². The van der Waals surface area contributed by atoms with Crippen LogP contribution in [0.1, 0.15) is 16.5 Å². The lowest BCUT2D eigenvalue weighted by Crippen LogP contribution is -1.95. The molecule has 0 aliphatic heterocycles. The van der Waals surface area contributed by atoms with Gasteiger partial charge >= 0.3 is 0 Å². The van der Waals surface area contributed by atoms with Gasteiger partial charge in [-0.25, -0.2) is 0 Å². The third kappa shape index (κ3) is 2.90. The second kappa shape index (κ2) is 5.90. The average Bonchev–Trinajstić information content (AvgIpc) is 2.97. The summed E-state index contributed by atoms with van der Waals surface area (Å²) in [5.74, 6) is 1.55. The largest absolute Gasteiger partial charge is 0.456 e. The van der Waals surface area contributed by atoms with Gasteiger partial charge in [-0.15, -0.1) is 11.3 Å². The van der Waals surface area contributed by atoms with E-state index in [1.807, 2.05) is 72.1 Å². The molecule has 0 radical (unpaired) electrons. The van der Waals surface area contributed by atoms with E-state index in [9.17, 15) is 5.11 Å². The van der Waals surface area contributed by atoms with Crippen molar-refractivity contribution < 1.29 is 9.84 Å². The van der Waals surface area contributed by atoms with E-state index in [2.05, 4.69) is 0 Å². The topological polar surface area (TPSA) is 29.5 Å². The number of aliphatic hydroxyl groups is 1. The van der Waals surface area contributed by atoms with Gasteiger partial charge in [-0.05, 0) is 23.8 Å². The first kappa shape index (κ1) is 12.9. The van der Waals surface area contributed by atoms with Crippen molar-refractivity contribution in [2.45, 2.75) is 6.10 Å². The van der Waals surface area contributed by atoms with Gasteiger partial charge in [0.05, 0.1) is 0 Å². The van der Waals surface area contributed by atoms with Gasteiger partial charge in [-0.2, -0.15) is 0 Å². The molecule has 1 N–H and O–H groups in total. The predicted octanol–water partition coefficient (Wildman–Crippen LogP) is 4.62. The first-order chi connectivity index (χ1) is 9.83. The summed E-state index contributed by atoms with van der Waals surface area (Å²) in [4.78, 5) is 0.877. The van der Waals surface area contributed by atoms with Crippen LogP contribution >= 0.6 is 11.3 Å². The minimum absolute atomic E-state index is 0.602. The van der Waals surface area contributed by atoms with Gasteiger partial charge in [0.25, 0.3) is 0 Å². The van der Waals surface area contributed by atoms with E-state index in [0.717, 1.165) is 21.9 Å². The van der Waals surface area contributed by atoms with Crippen LogP contribution in [0.15, 0.2) is 72.1 Å². The summed E-state index contributed by atoms with van der Waals surface area (Å²) in [6.07, 6.45) is -0.602. The number of aliphatic hydroxyl groups excluding tert-OH is 1. The monoisotopic (exact) mass is 282 g/mol. The number of benzene rings is 2. The van der Waals surface area contributed by atoms with Crippen LogP contribution < -0.4 is 4.74 Å². The molecule has 0 saturated heterocycles. The fraction of sp³-hybridized carbons (Fsp3) is 0.0588. The van der Waals surface area contributed by atoms with Crippen molar-refractivity contribution in [3.05, 3.63) is 82.6 Å². The molecule has 0 spiro atoms. The summed E-state index contributed by atoms with van der Waals surface area (Å²) in [6, 6.07) is 21.1. The van der Waals surface area contributed by atoms with E-state index in [1.54, 1.807) is 0 Å². The van der Waals surface area contributed by atoms with Crippen LogP contribution in [0.3, 0.4) is 0 Å². The third-order valence-corrected chi connectivity index (χ3v) is 3.92. The molecule has 1 unspecified atom stereocenters. The Morgan fingerprint density at radius 1 is 0.850 bits per heavy atom. The molecule has 3 aromatic rings. The highest BCUT2D eigenvalue weighted by Crippen LogP contribution is 2.33. The number of hydrogen-bond donors (Lipinski definition) is 1. The molecular formula is C17H14O2S. The maximum atomic E-state index is 10.3. The summed E-state index contributed by atoms with van der Waals surface area (Å²) >= 11 is 1.50. The molecule has 0 aliphatic carbocycles. The molecule has 0 bridgehead atoms. The van der Waals surface area contributed by atoms with Crippen LogP contribution in [0.25, 0.3) is 0 Å². The normalized spacial score (nSPS) is 12.1. The Balaban J connectivity index is 1.77. The van der Waals surface area contributed by atoms with Gasteiger partial charge in [-0.3, -0.25) is 0 Å². The lowest BCUT2D eigenvalue weighted by Gasteiger charge is -2.08. The fourth-order valence-corrected chi connectivity index (χ4v) is 2.77. The number of hydrogen-bond acceptors (Lipinski definition) is 3. The Hall–Kier alpha value is -2.10. The van der Waals surface area contributed by atoms with Crippen LogP contribution in [0.2, 0.25) is 0 Å². The van der Waals surface area contributed by atoms with Gasteiger partial charge in [0.15, 0.2) is 0 Å². The summed E-state index contributed by atoms with van der Waals surface area (Å²) in [5, 5.41) is 12.2. The number of thiophene rings is 1. The van der Waals surface area contributed by atoms with Crippen molar-refractivity contribution in [2.75, 3.05) is 0 Å². The first-order valence-electron chi connectivity index (χ1n) is 6.37. The predicted molar refractivity (Wildman–Crippen MR) is 81.3 cm³/mol. The lowest BCUT2D eigenvalue weighted by molar-refractivity contribution is 0.224. The Morgan fingerprint density at radius 3 is 2.20 bits per heavy atom. The number of ether oxygens (including phenoxy) is 1. The number of para-hydroxylation sites is 1. The van der Waals surface area contributed by atoms with Crippen molar-refractivity contribution in [1.29, 1.82) is 0 Å². The maximum absolute atomic E-state index is 10.3. The van der Waals surface area contributed by atoms with Crippen LogP contribution in [0.5, 0.6) is 11.5 Å². The summed E-state index contributed by atoms with van der Waals surface area (Å²) in [6.45, 7) is 0. The Labute approximate surface area is 121 Å². The summed E-state index contributed by atoms with van der Waals surface area (Å²) in [7, 11) is 0. The zero-order valence-corrected chi connectivity index (χ0v) is 11.6. The van der Waals surface area contributed by atoms with Crippen LogP contribution in [0, 0.1) is 0 Å². The second-order valence-corrected chi connectivity index (χ2v) is 5.36. The van der Waals surface area contributed by atoms with Crippen molar-refractivity contribution in [3.8, 4) is 11.5 Å². The van der Waals surface area contributed by atoms with E-state index in [0.29, 0.717) is 0 Å². The molecule has 1 atom stereocenters. The maximum Gasteiger partial charge on any atom is 0.138 e. The SMILES string of the molecule is OC(c1ccccc1)c1cc(Oc2ccccc2)cs1. The standard InChI is InChI=1S/C17H14O2S/c18-17(13-7-3-1-4-8-13)16-11-15(12-20-16)19-14-9-5-2-6-10-14/h1-12,17-18H. The van der Waals surface area contributed by atoms with Crippen LogP contribution in [-0.4, -0.2) is 5.11 Å². The van der Waals surface area contributed by atoms with E-state index >= 15 is 0 Å². The molecule has 0 saturated carbocycles. The highest BCUT2D eigenvalue weighted by molar-refractivity contribution is 7.10. The summed E-state index contributed by atoms with van der Waals surface area (Å²) in [5.41, 5.74) is 0.889. The molecule has 1 aromatic heterocycles. The first-order valence-corrected chi connectivity index (χ1v) is 7.25. The molecule has 3 rings (SSSR count). The highest BCUT2D eigenvalue weighted by atomic mass is 32.1. The zero-order valence-electron chi connectivity index (χ0n) is 10.8. The molecule has 20 heavy (non-hydrogen) atoms. The fourth-order valence-electron chi connectivity index (χ4n) is 1.96. The molecule has 0 fully saturated rings. The molecular weight excluding hydrogens is 268 g/mol. The smallest absolute Gasteiger partial charge is 0.138 e. The second-order valence-electron chi connectivity index (χ2n) is 4.41. The van der Waals surface area contributed by atoms with Gasteiger partial charge < -0.3 is 9.84 Å². The summed E-state index contributed by atoms with van der Waals surface area (Å²) < 4.78 is 5.74. The third-order valence-electron chi connectivity index (χ3n) is 2.96. The molecule has 2 nitrogen and oxygen atoms in total. The van der Waals surface area contributed by atoms with E-state index < -0.39 is 6.10 Å². The Bertz CT molecular complexity index is 662. The van der Waals surface area contributed by atoms with Gasteiger partial charge in [0.2, 0.25) is 0 Å². The molecule has 1 heterocycles. The zero-order chi connectivity index (χ0) is 13.8. The Kier molecular flexibility index (Phi) is 3.81. The van der Waals surface area contributed by atoms with Gasteiger partial charge in [0.1, 0.15) is 17.6 Å². The number of rotatable bonds is 4. The Morgan fingerprint density at radius 2 is 1.50 bits per heavy atom. The van der Waals surface area contributed by atoms with Crippen molar-refractivity contribution in [3.63, 3.8) is 0 Å². The molecule has 0 aliphatic rings. The van der Waals surface area contributed by atoms with Crippen molar-refractivity contribution in [2.24, 2.45) is 0 Å². The van der Waals surface area contributed by atoms with Gasteiger partial charge in [-0.1, -0.05) is 48.5 Å². The minimum atomic E-state index is -0.602. The quantitative estimate of drug-likeness (QED) is 0.756. The van der Waals surface area contributed by atoms with Crippen LogP contribution in [-0.2, 0) is 0 Å². The van der Waals surface area contributed by atoms with Crippen LogP contribution in [0.4, 0.5) is 0 Å². The minimum Gasteiger partial charge on any atom is -0.456 e. The van der Waals surface area contributed by atoms with E-state index in [4.69, 9.17) is 4.74 Å². The molecule has 2 aromatic carbocycles. The van der Waals surface area contributed by atoms with Gasteiger partial charge in [0, 0.05) is 10.3 Å². The highest BCUT2D eigenvalue weighted by Gasteiger charge is 2.13. The molecule has 100 valence electrons.